The van der Waals surface area contributed by atoms with Crippen LogP contribution in [0.3, 0.4) is 0 Å². The van der Waals surface area contributed by atoms with Crippen molar-refractivity contribution in [1.29, 1.82) is 0 Å². The van der Waals surface area contributed by atoms with E-state index < -0.39 is 0 Å². The van der Waals surface area contributed by atoms with E-state index in [0.29, 0.717) is 21.2 Å². The van der Waals surface area contributed by atoms with Crippen LogP contribution in [0.25, 0.3) is 0 Å². The summed E-state index contributed by atoms with van der Waals surface area (Å²) in [4.78, 5) is 24.4. The zero-order chi connectivity index (χ0) is 29.6. The van der Waals surface area contributed by atoms with Crippen molar-refractivity contribution in [2.75, 3.05) is 10.6 Å². The van der Waals surface area contributed by atoms with Gasteiger partial charge in [0.2, 0.25) is 0 Å². The highest BCUT2D eigenvalue weighted by Crippen LogP contribution is 2.26. The maximum Gasteiger partial charge on any atom is 0.257 e. The van der Waals surface area contributed by atoms with E-state index in [1.54, 1.807) is 48.5 Å². The van der Waals surface area contributed by atoms with Gasteiger partial charge in [-0.1, -0.05) is 47.5 Å². The zero-order valence-corrected chi connectivity index (χ0v) is 24.7. The first-order valence-corrected chi connectivity index (χ1v) is 14.9. The number of anilines is 2. The Morgan fingerprint density at radius 1 is 0.643 bits per heavy atom. The highest BCUT2D eigenvalue weighted by molar-refractivity contribution is 6.34. The Labute approximate surface area is 256 Å². The molecule has 6 rings (SSSR count). The number of hydrogen-bond donors (Lipinski definition) is 4. The lowest BCUT2D eigenvalue weighted by Crippen LogP contribution is -2.27. The third kappa shape index (κ3) is 7.58. The van der Waals surface area contributed by atoms with Gasteiger partial charge in [0.1, 0.15) is 0 Å². The molecule has 0 bridgehead atoms. The molecule has 0 heterocycles. The molecule has 0 aliphatic heterocycles. The Morgan fingerprint density at radius 2 is 1.17 bits per heavy atom. The topological polar surface area (TPSA) is 110 Å². The predicted octanol–water partition coefficient (Wildman–Crippen LogP) is 6.82. The summed E-state index contributed by atoms with van der Waals surface area (Å²) in [5.41, 5.74) is 19.8. The lowest BCUT2D eigenvalue weighted by molar-refractivity contribution is 0.101. The molecule has 2 atom stereocenters. The lowest BCUT2D eigenvalue weighted by atomic mass is 9.88. The molecule has 2 amide bonds. The van der Waals surface area contributed by atoms with Crippen LogP contribution in [0.4, 0.5) is 11.4 Å². The number of benzene rings is 4. The number of hydrogen-bond acceptors (Lipinski definition) is 4. The first-order chi connectivity index (χ1) is 20.2. The van der Waals surface area contributed by atoms with Gasteiger partial charge in [-0.15, -0.1) is 0 Å². The van der Waals surface area contributed by atoms with Crippen LogP contribution in [0.5, 0.6) is 0 Å². The molecule has 42 heavy (non-hydrogen) atoms. The van der Waals surface area contributed by atoms with Crippen molar-refractivity contribution in [2.24, 2.45) is 11.5 Å². The predicted molar refractivity (Wildman–Crippen MR) is 172 cm³/mol. The number of amides is 2. The Kier molecular flexibility index (Phi) is 9.60. The fourth-order valence-corrected chi connectivity index (χ4v) is 5.72. The Bertz CT molecular complexity index is 1590. The largest absolute Gasteiger partial charge is 0.327 e. The van der Waals surface area contributed by atoms with E-state index >= 15 is 0 Å². The number of aryl methyl sites for hydroxylation is 2. The summed E-state index contributed by atoms with van der Waals surface area (Å²) in [6.45, 7) is 0. The van der Waals surface area contributed by atoms with Gasteiger partial charge >= 0.3 is 0 Å². The van der Waals surface area contributed by atoms with Crippen LogP contribution >= 0.6 is 23.2 Å². The summed E-state index contributed by atoms with van der Waals surface area (Å²) in [6.07, 6.45) is 5.76. The molecule has 0 unspecified atom stereocenters. The lowest BCUT2D eigenvalue weighted by Gasteiger charge is -2.22. The molecule has 4 aromatic carbocycles. The van der Waals surface area contributed by atoms with Gasteiger partial charge in [-0.05, 0) is 121 Å². The third-order valence-electron chi connectivity index (χ3n) is 7.69. The van der Waals surface area contributed by atoms with Gasteiger partial charge in [0, 0.05) is 34.0 Å². The second-order valence-electron chi connectivity index (χ2n) is 10.9. The molecule has 0 saturated carbocycles. The molecule has 6 N–H and O–H groups in total. The van der Waals surface area contributed by atoms with E-state index in [0.717, 1.165) is 49.9 Å². The summed E-state index contributed by atoms with van der Waals surface area (Å²) in [6, 6.07) is 26.5. The molecule has 4 aromatic rings. The second-order valence-corrected chi connectivity index (χ2v) is 11.7. The molecule has 0 radical (unpaired) electrons. The van der Waals surface area contributed by atoms with Crippen molar-refractivity contribution in [2.45, 2.75) is 50.6 Å². The average Bonchev–Trinajstić information content (AvgIpc) is 2.98. The summed E-state index contributed by atoms with van der Waals surface area (Å²) in [5.74, 6) is -0.313. The molecule has 216 valence electrons. The maximum atomic E-state index is 12.2. The van der Waals surface area contributed by atoms with E-state index in [2.05, 4.69) is 28.8 Å². The third-order valence-corrected chi connectivity index (χ3v) is 8.27. The van der Waals surface area contributed by atoms with Gasteiger partial charge in [-0.3, -0.25) is 9.59 Å². The first kappa shape index (κ1) is 29.8. The smallest absolute Gasteiger partial charge is 0.257 e. The molecule has 8 heteroatoms. The SMILES string of the molecule is N[C@@H]1CCc2cc(NC(=O)c3ccc(Cl)cc3)ccc2C1.N[C@@H]1CCc2cc(NC(=O)c3ccccc3Cl)ccc2C1. The van der Waals surface area contributed by atoms with Crippen molar-refractivity contribution in [1.82, 2.24) is 0 Å². The monoisotopic (exact) mass is 600 g/mol. The second kappa shape index (κ2) is 13.5. The van der Waals surface area contributed by atoms with E-state index in [4.69, 9.17) is 34.7 Å². The number of halogens is 2. The van der Waals surface area contributed by atoms with Gasteiger partial charge in [-0.25, -0.2) is 0 Å². The van der Waals surface area contributed by atoms with Crippen LogP contribution in [0, 0.1) is 0 Å². The molecule has 2 aliphatic rings. The summed E-state index contributed by atoms with van der Waals surface area (Å²) >= 11 is 11.9. The van der Waals surface area contributed by atoms with Crippen molar-refractivity contribution in [3.63, 3.8) is 0 Å². The minimum atomic E-state index is -0.187. The standard InChI is InChI=1S/2C17H17ClN2O/c18-14-5-1-11(2-6-14)17(21)20-16-8-4-12-9-15(19)7-3-13(12)10-16;18-16-4-2-1-3-15(16)17(21)20-14-8-6-11-9-13(19)7-5-12(11)10-14/h1-2,4-6,8,10,15H,3,7,9,19H2,(H,20,21);1-4,6,8,10,13H,5,7,9,19H2,(H,20,21)/t15-;13-/m11/s1. The van der Waals surface area contributed by atoms with E-state index in [9.17, 15) is 9.59 Å². The fourth-order valence-electron chi connectivity index (χ4n) is 5.37. The molecule has 0 spiro atoms. The molecule has 0 fully saturated rings. The minimum Gasteiger partial charge on any atom is -0.327 e. The van der Waals surface area contributed by atoms with Gasteiger partial charge < -0.3 is 22.1 Å². The Hall–Kier alpha value is -3.68. The van der Waals surface area contributed by atoms with E-state index in [-0.39, 0.29) is 23.9 Å². The summed E-state index contributed by atoms with van der Waals surface area (Å²) in [7, 11) is 0. The molecule has 0 saturated heterocycles. The quantitative estimate of drug-likeness (QED) is 0.206. The molecular weight excluding hydrogens is 567 g/mol. The summed E-state index contributed by atoms with van der Waals surface area (Å²) < 4.78 is 0. The summed E-state index contributed by atoms with van der Waals surface area (Å²) in [5, 5.41) is 6.91. The van der Waals surface area contributed by atoms with Crippen molar-refractivity contribution in [3.8, 4) is 0 Å². The first-order valence-electron chi connectivity index (χ1n) is 14.1. The van der Waals surface area contributed by atoms with Crippen LogP contribution in [0.2, 0.25) is 10.0 Å². The van der Waals surface area contributed by atoms with Gasteiger partial charge in [0.15, 0.2) is 0 Å². The van der Waals surface area contributed by atoms with Crippen LogP contribution in [-0.2, 0) is 25.7 Å². The van der Waals surface area contributed by atoms with Crippen molar-refractivity contribution >= 4 is 46.4 Å². The van der Waals surface area contributed by atoms with Crippen LogP contribution < -0.4 is 22.1 Å². The van der Waals surface area contributed by atoms with Crippen molar-refractivity contribution in [3.05, 3.63) is 128 Å². The highest BCUT2D eigenvalue weighted by Gasteiger charge is 2.18. The normalized spacial score (nSPS) is 17.1. The van der Waals surface area contributed by atoms with Crippen LogP contribution in [0.1, 0.15) is 55.8 Å². The molecule has 2 aliphatic carbocycles. The van der Waals surface area contributed by atoms with Crippen LogP contribution in [0.15, 0.2) is 84.9 Å². The number of carbonyl (C=O) groups excluding carboxylic acids is 2. The van der Waals surface area contributed by atoms with Gasteiger partial charge in [0.05, 0.1) is 10.6 Å². The van der Waals surface area contributed by atoms with E-state index in [1.165, 1.54) is 22.3 Å². The van der Waals surface area contributed by atoms with Gasteiger partial charge in [0.25, 0.3) is 11.8 Å². The molecule has 6 nitrogen and oxygen atoms in total. The van der Waals surface area contributed by atoms with Crippen LogP contribution in [-0.4, -0.2) is 23.9 Å². The Morgan fingerprint density at radius 3 is 1.71 bits per heavy atom. The number of fused-ring (bicyclic) bond motifs is 2. The Balaban J connectivity index is 0.000000168. The van der Waals surface area contributed by atoms with Gasteiger partial charge in [-0.2, -0.15) is 0 Å². The molecule has 0 aromatic heterocycles. The number of carbonyl (C=O) groups is 2. The fraction of sp³-hybridized carbons (Fsp3) is 0.235. The number of nitrogens with one attached hydrogen (secondary N) is 2. The number of rotatable bonds is 4. The van der Waals surface area contributed by atoms with E-state index in [1.807, 2.05) is 18.2 Å². The maximum absolute atomic E-state index is 12.2. The van der Waals surface area contributed by atoms with Crippen molar-refractivity contribution < 1.29 is 9.59 Å². The molecular formula is C34H34Cl2N4O2. The average molecular weight is 602 g/mol. The minimum absolute atomic E-state index is 0.126. The number of nitrogens with two attached hydrogens (primary N) is 2. The zero-order valence-electron chi connectivity index (χ0n) is 23.2. The highest BCUT2D eigenvalue weighted by atomic mass is 35.5.